The second-order valence-corrected chi connectivity index (χ2v) is 4.99. The van der Waals surface area contributed by atoms with Crippen LogP contribution >= 0.6 is 0 Å². The van der Waals surface area contributed by atoms with Gasteiger partial charge in [0, 0.05) is 26.1 Å². The number of hydrogen-bond acceptors (Lipinski definition) is 4. The van der Waals surface area contributed by atoms with Gasteiger partial charge in [0.05, 0.1) is 5.57 Å². The molecule has 0 saturated carbocycles. The maximum atomic E-state index is 12.5. The molecule has 1 unspecified atom stereocenters. The van der Waals surface area contributed by atoms with Crippen LogP contribution in [0.5, 0.6) is 0 Å². The molecule has 0 spiro atoms. The standard InChI is InChI=1S/C16H20N2O4.2C2H6/c1-5-8-12-11(6-2)14(20)18(15(12)21)13(9-7-10-19)16(22)17(3)4;2*1-2/h5-6,8,10,13H,1,7,9H2,2-4H3;2*1-2H3/b11-6+,12-8+;;. The molecule has 26 heavy (non-hydrogen) atoms. The van der Waals surface area contributed by atoms with Crippen molar-refractivity contribution in [2.24, 2.45) is 0 Å². The molecule has 1 rings (SSSR count). The normalized spacial score (nSPS) is 17.1. The van der Waals surface area contributed by atoms with E-state index in [1.807, 2.05) is 27.7 Å². The first-order chi connectivity index (χ1) is 12.4. The Balaban J connectivity index is 0. The van der Waals surface area contributed by atoms with Crippen LogP contribution in [0, 0.1) is 0 Å². The SMILES string of the molecule is C=C/C=C1/C(=O)N(C(CCC=O)C(=O)N(C)C)C(=O)/C1=C/C.CC.CC. The lowest BCUT2D eigenvalue weighted by Gasteiger charge is -2.26. The second-order valence-electron chi connectivity index (χ2n) is 4.99. The number of hydrogen-bond donors (Lipinski definition) is 0. The Kier molecular flexibility index (Phi) is 13.6. The molecule has 6 heteroatoms. The largest absolute Gasteiger partial charge is 0.347 e. The first kappa shape index (κ1) is 25.7. The summed E-state index contributed by atoms with van der Waals surface area (Å²) in [5.41, 5.74) is 0.456. The van der Waals surface area contributed by atoms with Crippen LogP contribution in [-0.2, 0) is 19.2 Å². The summed E-state index contributed by atoms with van der Waals surface area (Å²) in [6.45, 7) is 13.2. The highest BCUT2D eigenvalue weighted by atomic mass is 16.2. The van der Waals surface area contributed by atoms with E-state index < -0.39 is 17.9 Å². The maximum Gasteiger partial charge on any atom is 0.262 e. The monoisotopic (exact) mass is 364 g/mol. The minimum absolute atomic E-state index is 0.0903. The summed E-state index contributed by atoms with van der Waals surface area (Å²) < 4.78 is 0. The van der Waals surface area contributed by atoms with Crippen molar-refractivity contribution in [1.82, 2.24) is 9.80 Å². The quantitative estimate of drug-likeness (QED) is 0.413. The molecule has 0 aromatic carbocycles. The van der Waals surface area contributed by atoms with Crippen LogP contribution in [0.15, 0.2) is 36.0 Å². The molecule has 3 amide bonds. The van der Waals surface area contributed by atoms with Gasteiger partial charge in [-0.3, -0.25) is 19.3 Å². The van der Waals surface area contributed by atoms with Crippen molar-refractivity contribution < 1.29 is 19.2 Å². The molecule has 0 N–H and O–H groups in total. The Bertz CT molecular complexity index is 574. The van der Waals surface area contributed by atoms with E-state index in [0.717, 1.165) is 4.90 Å². The van der Waals surface area contributed by atoms with Gasteiger partial charge in [-0.2, -0.15) is 0 Å². The van der Waals surface area contributed by atoms with E-state index in [1.54, 1.807) is 21.0 Å². The van der Waals surface area contributed by atoms with Gasteiger partial charge in [-0.05, 0) is 19.4 Å². The maximum absolute atomic E-state index is 12.5. The summed E-state index contributed by atoms with van der Waals surface area (Å²) in [5, 5.41) is 0. The molecule has 6 nitrogen and oxygen atoms in total. The fourth-order valence-corrected chi connectivity index (χ4v) is 2.31. The number of carbonyl (C=O) groups is 4. The number of allylic oxidation sites excluding steroid dienone is 3. The Morgan fingerprint density at radius 2 is 1.62 bits per heavy atom. The van der Waals surface area contributed by atoms with Crippen LogP contribution in [0.4, 0.5) is 0 Å². The molecule has 0 aromatic heterocycles. The van der Waals surface area contributed by atoms with Gasteiger partial charge in [0.1, 0.15) is 12.3 Å². The molecule has 0 aromatic rings. The topological polar surface area (TPSA) is 74.8 Å². The van der Waals surface area contributed by atoms with Crippen molar-refractivity contribution in [2.75, 3.05) is 14.1 Å². The van der Waals surface area contributed by atoms with Gasteiger partial charge in [0.25, 0.3) is 11.8 Å². The van der Waals surface area contributed by atoms with E-state index in [0.29, 0.717) is 6.29 Å². The molecule has 0 aliphatic carbocycles. The first-order valence-corrected chi connectivity index (χ1v) is 8.92. The van der Waals surface area contributed by atoms with E-state index in [2.05, 4.69) is 6.58 Å². The Morgan fingerprint density at radius 1 is 1.12 bits per heavy atom. The molecule has 1 aliphatic heterocycles. The summed E-state index contributed by atoms with van der Waals surface area (Å²) >= 11 is 0. The smallest absolute Gasteiger partial charge is 0.262 e. The van der Waals surface area contributed by atoms with Crippen LogP contribution in [0.3, 0.4) is 0 Å². The molecular weight excluding hydrogens is 332 g/mol. The summed E-state index contributed by atoms with van der Waals surface area (Å²) in [7, 11) is 3.08. The molecule has 1 fully saturated rings. The molecular formula is C20H32N2O4. The molecule has 1 heterocycles. The molecule has 0 bridgehead atoms. The summed E-state index contributed by atoms with van der Waals surface area (Å²) in [6.07, 6.45) is 5.27. The van der Waals surface area contributed by atoms with E-state index in [-0.39, 0.29) is 29.9 Å². The number of nitrogens with zero attached hydrogens (tertiary/aromatic N) is 2. The van der Waals surface area contributed by atoms with Crippen molar-refractivity contribution >= 4 is 24.0 Å². The summed E-state index contributed by atoms with van der Waals surface area (Å²) in [6, 6.07) is -0.981. The van der Waals surface area contributed by atoms with Crippen molar-refractivity contribution in [3.63, 3.8) is 0 Å². The van der Waals surface area contributed by atoms with Gasteiger partial charge in [-0.1, -0.05) is 46.4 Å². The number of rotatable bonds is 6. The number of likely N-dealkylation sites (tertiary alicyclic amines) is 1. The fourth-order valence-electron chi connectivity index (χ4n) is 2.31. The van der Waals surface area contributed by atoms with Crippen LogP contribution in [0.1, 0.15) is 47.5 Å². The van der Waals surface area contributed by atoms with Crippen molar-refractivity contribution in [1.29, 1.82) is 0 Å². The lowest BCUT2D eigenvalue weighted by atomic mass is 10.1. The highest BCUT2D eigenvalue weighted by Crippen LogP contribution is 2.28. The van der Waals surface area contributed by atoms with Gasteiger partial charge in [0.15, 0.2) is 0 Å². The van der Waals surface area contributed by atoms with Gasteiger partial charge < -0.3 is 9.69 Å². The van der Waals surface area contributed by atoms with Crippen LogP contribution in [0.25, 0.3) is 0 Å². The van der Waals surface area contributed by atoms with Crippen LogP contribution in [0.2, 0.25) is 0 Å². The Labute approximate surface area is 157 Å². The van der Waals surface area contributed by atoms with Gasteiger partial charge in [-0.15, -0.1) is 0 Å². The Morgan fingerprint density at radius 3 is 2.00 bits per heavy atom. The summed E-state index contributed by atoms with van der Waals surface area (Å²) in [5.74, 6) is -1.45. The van der Waals surface area contributed by atoms with Crippen molar-refractivity contribution in [2.45, 2.75) is 53.5 Å². The molecule has 0 radical (unpaired) electrons. The lowest BCUT2D eigenvalue weighted by Crippen LogP contribution is -2.49. The minimum Gasteiger partial charge on any atom is -0.347 e. The van der Waals surface area contributed by atoms with E-state index in [1.165, 1.54) is 23.1 Å². The lowest BCUT2D eigenvalue weighted by molar-refractivity contribution is -0.148. The number of imide groups is 1. The highest BCUT2D eigenvalue weighted by molar-refractivity contribution is 6.25. The molecule has 1 saturated heterocycles. The fraction of sp³-hybridized carbons (Fsp3) is 0.500. The number of aldehydes is 1. The third-order valence-corrected chi connectivity index (χ3v) is 3.36. The van der Waals surface area contributed by atoms with Gasteiger partial charge >= 0.3 is 0 Å². The number of carbonyl (C=O) groups excluding carboxylic acids is 4. The Hall–Kier alpha value is -2.50. The zero-order chi connectivity index (χ0) is 20.9. The number of likely N-dealkylation sites (N-methyl/N-ethyl adjacent to an activating group) is 1. The number of amides is 3. The minimum atomic E-state index is -0.981. The first-order valence-electron chi connectivity index (χ1n) is 8.92. The van der Waals surface area contributed by atoms with E-state index in [4.69, 9.17) is 0 Å². The van der Waals surface area contributed by atoms with Gasteiger partial charge in [-0.25, -0.2) is 0 Å². The van der Waals surface area contributed by atoms with E-state index in [9.17, 15) is 19.2 Å². The zero-order valence-electron chi connectivity index (χ0n) is 17.0. The predicted octanol–water partition coefficient (Wildman–Crippen LogP) is 2.90. The third kappa shape index (κ3) is 6.10. The van der Waals surface area contributed by atoms with Crippen molar-refractivity contribution in [3.05, 3.63) is 36.0 Å². The van der Waals surface area contributed by atoms with Crippen LogP contribution in [-0.4, -0.2) is 53.9 Å². The third-order valence-electron chi connectivity index (χ3n) is 3.36. The van der Waals surface area contributed by atoms with Crippen LogP contribution < -0.4 is 0 Å². The zero-order valence-corrected chi connectivity index (χ0v) is 17.0. The second kappa shape index (κ2) is 13.8. The van der Waals surface area contributed by atoms with Gasteiger partial charge in [0.2, 0.25) is 5.91 Å². The molecule has 1 aliphatic rings. The highest BCUT2D eigenvalue weighted by Gasteiger charge is 2.44. The molecule has 146 valence electrons. The van der Waals surface area contributed by atoms with E-state index >= 15 is 0 Å². The average molecular weight is 364 g/mol. The average Bonchev–Trinajstić information content (AvgIpc) is 2.89. The van der Waals surface area contributed by atoms with Crippen molar-refractivity contribution in [3.8, 4) is 0 Å². The molecule has 1 atom stereocenters. The summed E-state index contributed by atoms with van der Waals surface area (Å²) in [4.78, 5) is 50.1. The predicted molar refractivity (Wildman–Crippen MR) is 104 cm³/mol.